The molecule has 18 heavy (non-hydrogen) atoms. The molecule has 1 aliphatic rings. The molecule has 1 aromatic rings. The van der Waals surface area contributed by atoms with E-state index in [1.54, 1.807) is 10.9 Å². The molecule has 1 fully saturated rings. The second kappa shape index (κ2) is 5.31. The molecule has 0 spiro atoms. The van der Waals surface area contributed by atoms with Gasteiger partial charge in [0.25, 0.3) is 0 Å². The Morgan fingerprint density at radius 2 is 2.00 bits per heavy atom. The maximum atomic E-state index is 10.0. The highest BCUT2D eigenvalue weighted by Crippen LogP contribution is 2.43. The van der Waals surface area contributed by atoms with Gasteiger partial charge >= 0.3 is 0 Å². The van der Waals surface area contributed by atoms with E-state index in [2.05, 4.69) is 10.3 Å². The van der Waals surface area contributed by atoms with E-state index in [4.69, 9.17) is 5.11 Å². The Labute approximate surface area is 105 Å². The molecule has 0 amide bonds. The summed E-state index contributed by atoms with van der Waals surface area (Å²) in [6, 6.07) is -0.288. The zero-order valence-electron chi connectivity index (χ0n) is 10.1. The van der Waals surface area contributed by atoms with Crippen molar-refractivity contribution in [2.45, 2.75) is 31.4 Å². The second-order valence-corrected chi connectivity index (χ2v) is 5.02. The van der Waals surface area contributed by atoms with Crippen molar-refractivity contribution < 1.29 is 20.4 Å². The lowest BCUT2D eigenvalue weighted by Gasteiger charge is -2.23. The summed E-state index contributed by atoms with van der Waals surface area (Å²) in [4.78, 5) is 0. The zero-order valence-corrected chi connectivity index (χ0v) is 10.1. The van der Waals surface area contributed by atoms with Crippen molar-refractivity contribution in [3.63, 3.8) is 0 Å². The molecule has 0 aromatic carbocycles. The SMILES string of the molecule is OCCc1cn([C@@H]2CC(CO)(CO)C[C@H]2O)nn1. The van der Waals surface area contributed by atoms with Gasteiger partial charge in [-0.25, -0.2) is 4.68 Å². The topological polar surface area (TPSA) is 112 Å². The minimum absolute atomic E-state index is 0.00311. The van der Waals surface area contributed by atoms with Gasteiger partial charge in [-0.15, -0.1) is 5.10 Å². The summed E-state index contributed by atoms with van der Waals surface area (Å²) in [5.74, 6) is 0. The van der Waals surface area contributed by atoms with E-state index >= 15 is 0 Å². The van der Waals surface area contributed by atoms with Gasteiger partial charge < -0.3 is 20.4 Å². The minimum Gasteiger partial charge on any atom is -0.396 e. The van der Waals surface area contributed by atoms with Crippen molar-refractivity contribution in [1.29, 1.82) is 0 Å². The lowest BCUT2D eigenvalue weighted by Crippen LogP contribution is -2.27. The van der Waals surface area contributed by atoms with Gasteiger partial charge in [-0.3, -0.25) is 0 Å². The molecule has 2 rings (SSSR count). The van der Waals surface area contributed by atoms with Gasteiger partial charge in [0.05, 0.1) is 31.1 Å². The highest BCUT2D eigenvalue weighted by molar-refractivity contribution is 5.00. The van der Waals surface area contributed by atoms with E-state index in [0.717, 1.165) is 0 Å². The zero-order chi connectivity index (χ0) is 13.2. The Kier molecular flexibility index (Phi) is 3.96. The second-order valence-electron chi connectivity index (χ2n) is 5.02. The Bertz CT molecular complexity index is 391. The van der Waals surface area contributed by atoms with E-state index in [0.29, 0.717) is 25.0 Å². The van der Waals surface area contributed by atoms with Crippen LogP contribution in [0.25, 0.3) is 0 Å². The van der Waals surface area contributed by atoms with Crippen LogP contribution in [0.5, 0.6) is 0 Å². The molecule has 0 bridgehead atoms. The number of hydrogen-bond acceptors (Lipinski definition) is 6. The van der Waals surface area contributed by atoms with E-state index in [1.807, 2.05) is 0 Å². The smallest absolute Gasteiger partial charge is 0.0850 e. The largest absolute Gasteiger partial charge is 0.396 e. The van der Waals surface area contributed by atoms with Gasteiger partial charge in [-0.05, 0) is 12.8 Å². The summed E-state index contributed by atoms with van der Waals surface area (Å²) in [5.41, 5.74) is 0.0166. The number of hydrogen-bond donors (Lipinski definition) is 4. The molecule has 1 aromatic heterocycles. The highest BCUT2D eigenvalue weighted by Gasteiger charge is 2.45. The van der Waals surface area contributed by atoms with Gasteiger partial charge in [-0.1, -0.05) is 5.21 Å². The van der Waals surface area contributed by atoms with Crippen molar-refractivity contribution in [1.82, 2.24) is 15.0 Å². The van der Waals surface area contributed by atoms with Crippen LogP contribution < -0.4 is 0 Å². The molecule has 0 aliphatic heterocycles. The Balaban J connectivity index is 2.13. The van der Waals surface area contributed by atoms with Crippen LogP contribution in [0.2, 0.25) is 0 Å². The maximum Gasteiger partial charge on any atom is 0.0850 e. The van der Waals surface area contributed by atoms with Gasteiger partial charge in [0.1, 0.15) is 0 Å². The molecule has 7 nitrogen and oxygen atoms in total. The lowest BCUT2D eigenvalue weighted by molar-refractivity contribution is 0.0466. The normalized spacial score (nSPS) is 26.7. The first-order chi connectivity index (χ1) is 8.64. The molecule has 1 heterocycles. The van der Waals surface area contributed by atoms with Crippen LogP contribution in [-0.2, 0) is 6.42 Å². The minimum atomic E-state index is -0.659. The van der Waals surface area contributed by atoms with Crippen molar-refractivity contribution in [2.75, 3.05) is 19.8 Å². The number of aromatic nitrogens is 3. The molecule has 1 aliphatic carbocycles. The van der Waals surface area contributed by atoms with Crippen molar-refractivity contribution in [3.05, 3.63) is 11.9 Å². The average molecular weight is 257 g/mol. The fraction of sp³-hybridized carbons (Fsp3) is 0.818. The summed E-state index contributed by atoms with van der Waals surface area (Å²) in [7, 11) is 0. The van der Waals surface area contributed by atoms with Crippen LogP contribution in [0.4, 0.5) is 0 Å². The third-order valence-corrected chi connectivity index (χ3v) is 3.66. The van der Waals surface area contributed by atoms with Crippen LogP contribution in [-0.4, -0.2) is 61.3 Å². The molecular weight excluding hydrogens is 238 g/mol. The van der Waals surface area contributed by atoms with E-state index in [9.17, 15) is 15.3 Å². The van der Waals surface area contributed by atoms with Gasteiger partial charge in [-0.2, -0.15) is 0 Å². The summed E-state index contributed by atoms with van der Waals surface area (Å²) in [6.45, 7) is -0.312. The number of nitrogens with zero attached hydrogens (tertiary/aromatic N) is 3. The van der Waals surface area contributed by atoms with E-state index in [1.165, 1.54) is 0 Å². The van der Waals surface area contributed by atoms with Crippen molar-refractivity contribution >= 4 is 0 Å². The molecule has 4 N–H and O–H groups in total. The molecule has 102 valence electrons. The standard InChI is InChI=1S/C11H19N3O4/c15-2-1-8-5-14(13-12-8)9-3-11(6-16,7-17)4-10(9)18/h5,9-10,15-18H,1-4,6-7H2/t9-,10-/m1/s1. The first kappa shape index (κ1) is 13.4. The average Bonchev–Trinajstić information content (AvgIpc) is 2.95. The summed E-state index contributed by atoms with van der Waals surface area (Å²) in [6.07, 6.45) is 2.26. The summed E-state index contributed by atoms with van der Waals surface area (Å²) >= 11 is 0. The molecule has 0 unspecified atom stereocenters. The highest BCUT2D eigenvalue weighted by atomic mass is 16.3. The van der Waals surface area contributed by atoms with E-state index in [-0.39, 0.29) is 25.9 Å². The van der Waals surface area contributed by atoms with Crippen LogP contribution in [0.1, 0.15) is 24.6 Å². The van der Waals surface area contributed by atoms with Crippen LogP contribution in [0, 0.1) is 5.41 Å². The van der Waals surface area contributed by atoms with Crippen molar-refractivity contribution in [2.24, 2.45) is 5.41 Å². The predicted octanol–water partition coefficient (Wildman–Crippen LogP) is -1.52. The third-order valence-electron chi connectivity index (χ3n) is 3.66. The van der Waals surface area contributed by atoms with Crippen LogP contribution in [0.3, 0.4) is 0 Å². The monoisotopic (exact) mass is 257 g/mol. The Morgan fingerprint density at radius 3 is 2.56 bits per heavy atom. The first-order valence-electron chi connectivity index (χ1n) is 6.05. The van der Waals surface area contributed by atoms with Gasteiger partial charge in [0, 0.05) is 24.6 Å². The Hall–Kier alpha value is -1.02. The molecule has 7 heteroatoms. The first-order valence-corrected chi connectivity index (χ1v) is 6.05. The fourth-order valence-electron chi connectivity index (χ4n) is 2.53. The maximum absolute atomic E-state index is 10.0. The fourth-order valence-corrected chi connectivity index (χ4v) is 2.53. The quantitative estimate of drug-likeness (QED) is 0.510. The number of aliphatic hydroxyl groups is 4. The number of rotatable bonds is 5. The summed E-state index contributed by atoms with van der Waals surface area (Å²) < 4.78 is 1.56. The Morgan fingerprint density at radius 1 is 1.28 bits per heavy atom. The molecule has 0 radical (unpaired) electrons. The van der Waals surface area contributed by atoms with Crippen LogP contribution >= 0.6 is 0 Å². The molecule has 2 atom stereocenters. The van der Waals surface area contributed by atoms with Gasteiger partial charge in [0.15, 0.2) is 0 Å². The lowest BCUT2D eigenvalue weighted by atomic mass is 9.88. The van der Waals surface area contributed by atoms with E-state index < -0.39 is 11.5 Å². The molecular formula is C11H19N3O4. The molecule has 1 saturated carbocycles. The summed E-state index contributed by atoms with van der Waals surface area (Å²) in [5, 5.41) is 45.3. The van der Waals surface area contributed by atoms with Crippen molar-refractivity contribution in [3.8, 4) is 0 Å². The predicted molar refractivity (Wildman–Crippen MR) is 61.7 cm³/mol. The van der Waals surface area contributed by atoms with Crippen LogP contribution in [0.15, 0.2) is 6.20 Å². The molecule has 0 saturated heterocycles. The number of aliphatic hydroxyl groups excluding tert-OH is 4. The third kappa shape index (κ3) is 2.39. The van der Waals surface area contributed by atoms with Gasteiger partial charge in [0.2, 0.25) is 0 Å².